The standard InChI is InChI=1S/C16H17NO/c1-11-3-6-13(7-4-11)16-10-17-14-9-12(2)5-8-15(14)18-16/h3-9,16-17H,10H2,1-2H3. The van der Waals surface area contributed by atoms with Gasteiger partial charge in [-0.3, -0.25) is 0 Å². The summed E-state index contributed by atoms with van der Waals surface area (Å²) in [6, 6.07) is 14.8. The van der Waals surface area contributed by atoms with Gasteiger partial charge in [0.15, 0.2) is 0 Å². The third kappa shape index (κ3) is 2.06. The van der Waals surface area contributed by atoms with Gasteiger partial charge in [0.25, 0.3) is 0 Å². The van der Waals surface area contributed by atoms with Crippen LogP contribution in [0, 0.1) is 13.8 Å². The predicted molar refractivity (Wildman–Crippen MR) is 74.2 cm³/mol. The lowest BCUT2D eigenvalue weighted by molar-refractivity contribution is 0.210. The van der Waals surface area contributed by atoms with E-state index in [0.29, 0.717) is 0 Å². The van der Waals surface area contributed by atoms with Gasteiger partial charge in [-0.05, 0) is 37.1 Å². The molecule has 0 aliphatic carbocycles. The van der Waals surface area contributed by atoms with E-state index in [1.165, 1.54) is 16.7 Å². The lowest BCUT2D eigenvalue weighted by atomic mass is 10.1. The van der Waals surface area contributed by atoms with Gasteiger partial charge in [0, 0.05) is 0 Å². The molecule has 92 valence electrons. The van der Waals surface area contributed by atoms with Crippen LogP contribution in [-0.2, 0) is 0 Å². The minimum atomic E-state index is 0.0980. The van der Waals surface area contributed by atoms with Gasteiger partial charge in [-0.2, -0.15) is 0 Å². The third-order valence-electron chi connectivity index (χ3n) is 3.33. The van der Waals surface area contributed by atoms with Crippen molar-refractivity contribution in [2.24, 2.45) is 0 Å². The number of hydrogen-bond acceptors (Lipinski definition) is 2. The van der Waals surface area contributed by atoms with Gasteiger partial charge in [-0.1, -0.05) is 35.9 Å². The van der Waals surface area contributed by atoms with Crippen molar-refractivity contribution in [3.63, 3.8) is 0 Å². The van der Waals surface area contributed by atoms with Gasteiger partial charge in [-0.15, -0.1) is 0 Å². The number of rotatable bonds is 1. The number of aryl methyl sites for hydroxylation is 2. The SMILES string of the molecule is Cc1ccc(C2CNc3cc(C)ccc3O2)cc1. The monoisotopic (exact) mass is 239 g/mol. The van der Waals surface area contributed by atoms with Gasteiger partial charge in [0.1, 0.15) is 11.9 Å². The summed E-state index contributed by atoms with van der Waals surface area (Å²) in [7, 11) is 0. The highest BCUT2D eigenvalue weighted by Crippen LogP contribution is 2.34. The molecular formula is C16H17NO. The molecule has 2 nitrogen and oxygen atoms in total. The van der Waals surface area contributed by atoms with Crippen molar-refractivity contribution in [3.8, 4) is 5.75 Å². The fraction of sp³-hybridized carbons (Fsp3) is 0.250. The number of benzene rings is 2. The Morgan fingerprint density at radius 2 is 1.72 bits per heavy atom. The van der Waals surface area contributed by atoms with E-state index in [1.807, 2.05) is 6.07 Å². The van der Waals surface area contributed by atoms with E-state index in [9.17, 15) is 0 Å². The second-order valence-electron chi connectivity index (χ2n) is 4.90. The molecule has 0 bridgehead atoms. The Morgan fingerprint density at radius 1 is 1.00 bits per heavy atom. The van der Waals surface area contributed by atoms with Crippen molar-refractivity contribution in [2.45, 2.75) is 20.0 Å². The van der Waals surface area contributed by atoms with Gasteiger partial charge in [-0.25, -0.2) is 0 Å². The highest BCUT2D eigenvalue weighted by Gasteiger charge is 2.20. The molecule has 1 atom stereocenters. The minimum Gasteiger partial charge on any atom is -0.482 e. The fourth-order valence-electron chi connectivity index (χ4n) is 2.25. The van der Waals surface area contributed by atoms with Crippen molar-refractivity contribution in [1.29, 1.82) is 0 Å². The molecule has 18 heavy (non-hydrogen) atoms. The number of ether oxygens (including phenoxy) is 1. The average molecular weight is 239 g/mol. The van der Waals surface area contributed by atoms with E-state index in [4.69, 9.17) is 4.74 Å². The predicted octanol–water partition coefficient (Wildman–Crippen LogP) is 3.85. The zero-order valence-electron chi connectivity index (χ0n) is 10.7. The first-order chi connectivity index (χ1) is 8.72. The zero-order valence-corrected chi connectivity index (χ0v) is 10.7. The molecule has 0 amide bonds. The van der Waals surface area contributed by atoms with E-state index in [2.05, 4.69) is 55.6 Å². The lowest BCUT2D eigenvalue weighted by Gasteiger charge is -2.28. The summed E-state index contributed by atoms with van der Waals surface area (Å²) in [5.74, 6) is 0.942. The molecule has 0 spiro atoms. The van der Waals surface area contributed by atoms with Crippen LogP contribution in [0.1, 0.15) is 22.8 Å². The topological polar surface area (TPSA) is 21.3 Å². The Balaban J connectivity index is 1.86. The highest BCUT2D eigenvalue weighted by molar-refractivity contribution is 5.59. The largest absolute Gasteiger partial charge is 0.482 e. The number of nitrogens with one attached hydrogen (secondary N) is 1. The molecule has 0 saturated heterocycles. The second kappa shape index (κ2) is 4.37. The molecule has 3 rings (SSSR count). The average Bonchev–Trinajstić information content (AvgIpc) is 2.39. The van der Waals surface area contributed by atoms with E-state index in [0.717, 1.165) is 18.0 Å². The summed E-state index contributed by atoms with van der Waals surface area (Å²) >= 11 is 0. The molecule has 1 aliphatic rings. The summed E-state index contributed by atoms with van der Waals surface area (Å²) in [6.45, 7) is 5.01. The van der Waals surface area contributed by atoms with E-state index < -0.39 is 0 Å². The van der Waals surface area contributed by atoms with Gasteiger partial charge < -0.3 is 10.1 Å². The van der Waals surface area contributed by atoms with Crippen LogP contribution in [-0.4, -0.2) is 6.54 Å². The molecule has 1 N–H and O–H groups in total. The van der Waals surface area contributed by atoms with E-state index in [-0.39, 0.29) is 6.10 Å². The lowest BCUT2D eigenvalue weighted by Crippen LogP contribution is -2.23. The van der Waals surface area contributed by atoms with Crippen molar-refractivity contribution < 1.29 is 4.74 Å². The first kappa shape index (κ1) is 11.1. The van der Waals surface area contributed by atoms with Crippen molar-refractivity contribution in [3.05, 3.63) is 59.2 Å². The van der Waals surface area contributed by atoms with Crippen molar-refractivity contribution in [2.75, 3.05) is 11.9 Å². The quantitative estimate of drug-likeness (QED) is 0.816. The molecule has 0 radical (unpaired) electrons. The maximum absolute atomic E-state index is 6.05. The number of anilines is 1. The molecule has 1 aliphatic heterocycles. The minimum absolute atomic E-state index is 0.0980. The van der Waals surface area contributed by atoms with Crippen LogP contribution < -0.4 is 10.1 Å². The molecule has 1 unspecified atom stereocenters. The maximum Gasteiger partial charge on any atom is 0.143 e. The zero-order chi connectivity index (χ0) is 12.5. The summed E-state index contributed by atoms with van der Waals surface area (Å²) in [6.07, 6.45) is 0.0980. The van der Waals surface area contributed by atoms with Gasteiger partial charge in [0.05, 0.1) is 12.2 Å². The van der Waals surface area contributed by atoms with Crippen LogP contribution in [0.3, 0.4) is 0 Å². The molecular weight excluding hydrogens is 222 g/mol. The Kier molecular flexibility index (Phi) is 2.71. The second-order valence-corrected chi connectivity index (χ2v) is 4.90. The van der Waals surface area contributed by atoms with Crippen LogP contribution >= 0.6 is 0 Å². The van der Waals surface area contributed by atoms with Crippen LogP contribution in [0.25, 0.3) is 0 Å². The van der Waals surface area contributed by atoms with Gasteiger partial charge >= 0.3 is 0 Å². The molecule has 0 aromatic heterocycles. The number of hydrogen-bond donors (Lipinski definition) is 1. The van der Waals surface area contributed by atoms with Crippen LogP contribution in [0.15, 0.2) is 42.5 Å². The van der Waals surface area contributed by atoms with Crippen LogP contribution in [0.5, 0.6) is 5.75 Å². The number of fused-ring (bicyclic) bond motifs is 1. The summed E-state index contributed by atoms with van der Waals surface area (Å²) < 4.78 is 6.05. The molecule has 2 aromatic rings. The first-order valence-corrected chi connectivity index (χ1v) is 6.30. The molecule has 0 fully saturated rings. The van der Waals surface area contributed by atoms with Crippen molar-refractivity contribution >= 4 is 5.69 Å². The summed E-state index contributed by atoms with van der Waals surface area (Å²) in [5, 5.41) is 3.44. The Hall–Kier alpha value is -1.96. The van der Waals surface area contributed by atoms with Crippen LogP contribution in [0.4, 0.5) is 5.69 Å². The molecule has 0 saturated carbocycles. The van der Waals surface area contributed by atoms with Crippen LogP contribution in [0.2, 0.25) is 0 Å². The maximum atomic E-state index is 6.05. The molecule has 2 heteroatoms. The third-order valence-corrected chi connectivity index (χ3v) is 3.33. The Bertz CT molecular complexity index is 560. The van der Waals surface area contributed by atoms with Gasteiger partial charge in [0.2, 0.25) is 0 Å². The molecule has 1 heterocycles. The van der Waals surface area contributed by atoms with Crippen molar-refractivity contribution in [1.82, 2.24) is 0 Å². The molecule has 2 aromatic carbocycles. The normalized spacial score (nSPS) is 17.6. The smallest absolute Gasteiger partial charge is 0.143 e. The first-order valence-electron chi connectivity index (χ1n) is 6.30. The fourth-order valence-corrected chi connectivity index (χ4v) is 2.25. The summed E-state index contributed by atoms with van der Waals surface area (Å²) in [4.78, 5) is 0. The summed E-state index contributed by atoms with van der Waals surface area (Å²) in [5.41, 5.74) is 4.84. The Morgan fingerprint density at radius 3 is 2.50 bits per heavy atom. The highest BCUT2D eigenvalue weighted by atomic mass is 16.5. The van der Waals surface area contributed by atoms with E-state index in [1.54, 1.807) is 0 Å². The van der Waals surface area contributed by atoms with E-state index >= 15 is 0 Å². The Labute approximate surface area is 108 Å².